The van der Waals surface area contributed by atoms with Crippen molar-refractivity contribution in [1.82, 2.24) is 4.98 Å². The maximum atomic E-state index is 11.5. The van der Waals surface area contributed by atoms with Gasteiger partial charge in [0.15, 0.2) is 5.60 Å². The molecule has 0 fully saturated rings. The van der Waals surface area contributed by atoms with E-state index in [9.17, 15) is 30.0 Å². The molecule has 21 heavy (non-hydrogen) atoms. The molecule has 110 valence electrons. The monoisotopic (exact) mass is 291 g/mol. The van der Waals surface area contributed by atoms with Gasteiger partial charge in [-0.15, -0.1) is 0 Å². The average Bonchev–Trinajstić information content (AvgIpc) is 2.78. The standard InChI is InChI=1S/C14H13NO6/c16-11(17)13(20)5-8-7-3-1-2-4-9(7)15-10(8)14(21,6-13)12(18)19/h1-4,15,20-21H,5-6H2,(H,16,17)(H,18,19). The van der Waals surface area contributed by atoms with Crippen LogP contribution in [-0.2, 0) is 21.6 Å². The van der Waals surface area contributed by atoms with Gasteiger partial charge in [0.05, 0.1) is 5.69 Å². The predicted molar refractivity (Wildman–Crippen MR) is 70.7 cm³/mol. The van der Waals surface area contributed by atoms with Gasteiger partial charge in [-0.1, -0.05) is 18.2 Å². The fourth-order valence-electron chi connectivity index (χ4n) is 2.94. The van der Waals surface area contributed by atoms with Crippen LogP contribution in [0.15, 0.2) is 24.3 Å². The minimum Gasteiger partial charge on any atom is -0.479 e. The highest BCUT2D eigenvalue weighted by Crippen LogP contribution is 2.43. The molecule has 0 spiro atoms. The van der Waals surface area contributed by atoms with E-state index in [0.717, 1.165) is 0 Å². The number of carbonyl (C=O) groups is 2. The molecule has 1 aliphatic carbocycles. The van der Waals surface area contributed by atoms with Crippen molar-refractivity contribution in [3.63, 3.8) is 0 Å². The second kappa shape index (κ2) is 4.06. The third kappa shape index (κ3) is 1.75. The fourth-order valence-corrected chi connectivity index (χ4v) is 2.94. The molecule has 0 bridgehead atoms. The molecule has 2 atom stereocenters. The maximum absolute atomic E-state index is 11.5. The Hall–Kier alpha value is -2.38. The van der Waals surface area contributed by atoms with Gasteiger partial charge in [-0.2, -0.15) is 0 Å². The average molecular weight is 291 g/mol. The number of aromatic nitrogens is 1. The molecule has 2 unspecified atom stereocenters. The lowest BCUT2D eigenvalue weighted by Gasteiger charge is -2.37. The van der Waals surface area contributed by atoms with Crippen molar-refractivity contribution in [1.29, 1.82) is 0 Å². The Bertz CT molecular complexity index is 766. The van der Waals surface area contributed by atoms with Crippen LogP contribution in [0.25, 0.3) is 10.9 Å². The van der Waals surface area contributed by atoms with Gasteiger partial charge in [-0.25, -0.2) is 9.59 Å². The van der Waals surface area contributed by atoms with Crippen LogP contribution in [0, 0.1) is 0 Å². The number of rotatable bonds is 2. The van der Waals surface area contributed by atoms with Gasteiger partial charge in [-0.05, 0) is 11.6 Å². The number of aliphatic carboxylic acids is 2. The number of para-hydroxylation sites is 1. The molecule has 1 aromatic carbocycles. The maximum Gasteiger partial charge on any atom is 0.342 e. The molecule has 0 radical (unpaired) electrons. The van der Waals surface area contributed by atoms with Crippen molar-refractivity contribution in [3.8, 4) is 0 Å². The Balaban J connectivity index is 2.32. The predicted octanol–water partition coefficient (Wildman–Crippen LogP) is 0.202. The Morgan fingerprint density at radius 1 is 1.10 bits per heavy atom. The normalized spacial score (nSPS) is 28.3. The minimum atomic E-state index is -2.47. The first kappa shape index (κ1) is 13.6. The summed E-state index contributed by atoms with van der Waals surface area (Å²) in [4.78, 5) is 25.6. The molecule has 3 rings (SSSR count). The Labute approximate surface area is 118 Å². The first-order valence-corrected chi connectivity index (χ1v) is 6.29. The van der Waals surface area contributed by atoms with Crippen LogP contribution in [-0.4, -0.2) is 42.9 Å². The number of aliphatic hydroxyl groups is 2. The Morgan fingerprint density at radius 2 is 1.76 bits per heavy atom. The molecule has 7 nitrogen and oxygen atoms in total. The lowest BCUT2D eigenvalue weighted by Crippen LogP contribution is -2.54. The van der Waals surface area contributed by atoms with E-state index in [0.29, 0.717) is 16.5 Å². The van der Waals surface area contributed by atoms with Crippen molar-refractivity contribution >= 4 is 22.8 Å². The number of fused-ring (bicyclic) bond motifs is 3. The van der Waals surface area contributed by atoms with Crippen LogP contribution in [0.1, 0.15) is 17.7 Å². The number of hydrogen-bond donors (Lipinski definition) is 5. The van der Waals surface area contributed by atoms with Crippen LogP contribution in [0.3, 0.4) is 0 Å². The van der Waals surface area contributed by atoms with E-state index in [1.807, 2.05) is 0 Å². The second-order valence-electron chi connectivity index (χ2n) is 5.38. The summed E-state index contributed by atoms with van der Waals surface area (Å²) < 4.78 is 0. The zero-order valence-corrected chi connectivity index (χ0v) is 10.8. The molecule has 1 aliphatic rings. The van der Waals surface area contributed by atoms with Gasteiger partial charge in [-0.3, -0.25) is 0 Å². The third-order valence-corrected chi connectivity index (χ3v) is 4.00. The fraction of sp³-hybridized carbons (Fsp3) is 0.286. The molecule has 7 heteroatoms. The van der Waals surface area contributed by atoms with E-state index in [-0.39, 0.29) is 12.1 Å². The van der Waals surface area contributed by atoms with Crippen molar-refractivity contribution in [2.75, 3.05) is 0 Å². The topological polar surface area (TPSA) is 131 Å². The highest BCUT2D eigenvalue weighted by Gasteiger charge is 2.56. The summed E-state index contributed by atoms with van der Waals surface area (Å²) in [6, 6.07) is 6.81. The van der Waals surface area contributed by atoms with E-state index in [4.69, 9.17) is 0 Å². The van der Waals surface area contributed by atoms with Crippen LogP contribution >= 0.6 is 0 Å². The van der Waals surface area contributed by atoms with Gasteiger partial charge in [0.2, 0.25) is 5.60 Å². The molecule has 1 heterocycles. The van der Waals surface area contributed by atoms with Gasteiger partial charge >= 0.3 is 11.9 Å². The van der Waals surface area contributed by atoms with Crippen LogP contribution in [0.5, 0.6) is 0 Å². The number of hydrogen-bond acceptors (Lipinski definition) is 4. The molecule has 0 saturated heterocycles. The van der Waals surface area contributed by atoms with E-state index in [1.165, 1.54) is 0 Å². The number of H-pyrrole nitrogens is 1. The number of carboxylic acid groups (broad SMARTS) is 2. The van der Waals surface area contributed by atoms with Crippen molar-refractivity contribution in [2.24, 2.45) is 0 Å². The van der Waals surface area contributed by atoms with E-state index in [1.54, 1.807) is 24.3 Å². The number of carboxylic acids is 2. The summed E-state index contributed by atoms with van der Waals surface area (Å²) >= 11 is 0. The van der Waals surface area contributed by atoms with Crippen LogP contribution in [0.4, 0.5) is 0 Å². The zero-order valence-electron chi connectivity index (χ0n) is 10.8. The summed E-state index contributed by atoms with van der Waals surface area (Å²) in [6.45, 7) is 0. The van der Waals surface area contributed by atoms with Crippen molar-refractivity contribution in [3.05, 3.63) is 35.5 Å². The third-order valence-electron chi connectivity index (χ3n) is 4.00. The zero-order chi connectivity index (χ0) is 15.4. The number of aromatic amines is 1. The molecule has 0 amide bonds. The molecule has 0 aliphatic heterocycles. The van der Waals surface area contributed by atoms with Gasteiger partial charge in [0.1, 0.15) is 0 Å². The second-order valence-corrected chi connectivity index (χ2v) is 5.38. The van der Waals surface area contributed by atoms with Gasteiger partial charge in [0, 0.05) is 23.7 Å². The molecule has 5 N–H and O–H groups in total. The minimum absolute atomic E-state index is 0.0297. The van der Waals surface area contributed by atoms with Crippen molar-refractivity contribution < 1.29 is 30.0 Å². The molecule has 2 aromatic rings. The summed E-state index contributed by atoms with van der Waals surface area (Å²) in [5.41, 5.74) is -3.88. The van der Waals surface area contributed by atoms with E-state index < -0.39 is 29.6 Å². The largest absolute Gasteiger partial charge is 0.479 e. The lowest BCUT2D eigenvalue weighted by molar-refractivity contribution is -0.181. The molecular weight excluding hydrogens is 278 g/mol. The first-order valence-electron chi connectivity index (χ1n) is 6.29. The molecular formula is C14H13NO6. The smallest absolute Gasteiger partial charge is 0.342 e. The Kier molecular flexibility index (Phi) is 2.63. The van der Waals surface area contributed by atoms with Crippen LogP contribution < -0.4 is 0 Å². The summed E-state index contributed by atoms with van der Waals surface area (Å²) in [6.07, 6.45) is -1.08. The summed E-state index contributed by atoms with van der Waals surface area (Å²) in [7, 11) is 0. The quantitative estimate of drug-likeness (QED) is 0.537. The summed E-state index contributed by atoms with van der Waals surface area (Å²) in [5.74, 6) is -3.16. The summed E-state index contributed by atoms with van der Waals surface area (Å²) in [5, 5.41) is 39.7. The highest BCUT2D eigenvalue weighted by atomic mass is 16.4. The first-order chi connectivity index (χ1) is 9.78. The van der Waals surface area contributed by atoms with Gasteiger partial charge in [0.25, 0.3) is 0 Å². The molecule has 0 saturated carbocycles. The van der Waals surface area contributed by atoms with Crippen molar-refractivity contribution in [2.45, 2.75) is 24.0 Å². The van der Waals surface area contributed by atoms with Crippen LogP contribution in [0.2, 0.25) is 0 Å². The van der Waals surface area contributed by atoms with Gasteiger partial charge < -0.3 is 25.4 Å². The number of nitrogens with one attached hydrogen (secondary N) is 1. The lowest BCUT2D eigenvalue weighted by atomic mass is 9.73. The highest BCUT2D eigenvalue weighted by molar-refractivity contribution is 5.92. The SMILES string of the molecule is O=C(O)C1(O)Cc2c([nH]c3ccccc23)C(O)(C(=O)O)C1. The van der Waals surface area contributed by atoms with E-state index in [2.05, 4.69) is 4.98 Å². The Morgan fingerprint density at radius 3 is 2.38 bits per heavy atom. The van der Waals surface area contributed by atoms with E-state index >= 15 is 0 Å². The molecule has 1 aromatic heterocycles. The number of benzene rings is 1.